The van der Waals surface area contributed by atoms with E-state index in [0.29, 0.717) is 45.3 Å². The molecule has 1 aromatic rings. The summed E-state index contributed by atoms with van der Waals surface area (Å²) in [5.41, 5.74) is 1.17. The zero-order chi connectivity index (χ0) is 20.8. The number of ether oxygens (including phenoxy) is 1. The molecule has 2 N–H and O–H groups in total. The number of aliphatic imine (C=N–C) groups is 1. The van der Waals surface area contributed by atoms with Crippen molar-refractivity contribution in [1.29, 1.82) is 0 Å². The molecule has 0 radical (unpaired) electrons. The molecule has 0 amide bonds. The lowest BCUT2D eigenvalue weighted by Crippen LogP contribution is -2.39. The molecular weight excluding hydrogens is 376 g/mol. The molecule has 0 aliphatic rings. The molecule has 1 rings (SSSR count). The smallest absolute Gasteiger partial charge is 0.211 e. The van der Waals surface area contributed by atoms with Crippen molar-refractivity contribution in [3.05, 3.63) is 35.9 Å². The van der Waals surface area contributed by atoms with Crippen LogP contribution in [0.2, 0.25) is 0 Å². The van der Waals surface area contributed by atoms with Crippen molar-refractivity contribution < 1.29 is 13.2 Å². The quantitative estimate of drug-likeness (QED) is 0.294. The van der Waals surface area contributed by atoms with E-state index < -0.39 is 10.0 Å². The molecule has 0 saturated heterocycles. The number of rotatable bonds is 13. The van der Waals surface area contributed by atoms with E-state index in [1.54, 1.807) is 0 Å². The molecule has 1 aromatic carbocycles. The second-order valence-electron chi connectivity index (χ2n) is 6.86. The summed E-state index contributed by atoms with van der Waals surface area (Å²) in [5, 5.41) is 6.48. The molecule has 0 fully saturated rings. The molecule has 1 unspecified atom stereocenters. The van der Waals surface area contributed by atoms with Crippen LogP contribution in [-0.2, 0) is 21.4 Å². The van der Waals surface area contributed by atoms with Gasteiger partial charge in [0, 0.05) is 32.7 Å². The first-order chi connectivity index (χ1) is 13.4. The van der Waals surface area contributed by atoms with Crippen molar-refractivity contribution in [2.24, 2.45) is 10.9 Å². The molecule has 0 aromatic heterocycles. The SMILES string of the molecule is CCNC(=NCC(C)COCc1ccccc1)NCCCN(CC)S(C)(=O)=O. The maximum Gasteiger partial charge on any atom is 0.211 e. The number of benzene rings is 1. The van der Waals surface area contributed by atoms with Crippen molar-refractivity contribution in [2.45, 2.75) is 33.8 Å². The number of sulfonamides is 1. The molecule has 0 bridgehead atoms. The summed E-state index contributed by atoms with van der Waals surface area (Å²) < 4.78 is 30.5. The summed E-state index contributed by atoms with van der Waals surface area (Å²) in [5.74, 6) is 1.06. The average Bonchev–Trinajstić information content (AvgIpc) is 2.65. The summed E-state index contributed by atoms with van der Waals surface area (Å²) >= 11 is 0. The maximum atomic E-state index is 11.6. The molecule has 0 aliphatic heterocycles. The van der Waals surface area contributed by atoms with Crippen LogP contribution >= 0.6 is 0 Å². The summed E-state index contributed by atoms with van der Waals surface area (Å²) in [4.78, 5) is 4.61. The second kappa shape index (κ2) is 13.5. The van der Waals surface area contributed by atoms with Crippen molar-refractivity contribution >= 4 is 16.0 Å². The third-order valence-electron chi connectivity index (χ3n) is 4.12. The van der Waals surface area contributed by atoms with E-state index in [9.17, 15) is 8.42 Å². The first kappa shape index (κ1) is 24.4. The van der Waals surface area contributed by atoms with Crippen LogP contribution in [0.15, 0.2) is 35.3 Å². The Morgan fingerprint density at radius 3 is 2.54 bits per heavy atom. The molecule has 7 nitrogen and oxygen atoms in total. The lowest BCUT2D eigenvalue weighted by atomic mass is 10.2. The Balaban J connectivity index is 2.33. The molecular formula is C20H36N4O3S. The molecule has 8 heteroatoms. The normalized spacial score (nSPS) is 13.5. The van der Waals surface area contributed by atoms with E-state index in [2.05, 4.69) is 34.7 Å². The van der Waals surface area contributed by atoms with Gasteiger partial charge < -0.3 is 15.4 Å². The van der Waals surface area contributed by atoms with Crippen molar-refractivity contribution in [1.82, 2.24) is 14.9 Å². The van der Waals surface area contributed by atoms with Gasteiger partial charge in [-0.25, -0.2) is 12.7 Å². The van der Waals surface area contributed by atoms with Crippen LogP contribution in [0.4, 0.5) is 0 Å². The fraction of sp³-hybridized carbons (Fsp3) is 0.650. The van der Waals surface area contributed by atoms with Gasteiger partial charge in [-0.05, 0) is 24.8 Å². The van der Waals surface area contributed by atoms with Crippen molar-refractivity contribution in [2.75, 3.05) is 45.6 Å². The Labute approximate surface area is 170 Å². The highest BCUT2D eigenvalue weighted by Crippen LogP contribution is 2.04. The van der Waals surface area contributed by atoms with Crippen LogP contribution in [0, 0.1) is 5.92 Å². The molecule has 0 saturated carbocycles. The number of hydrogen-bond donors (Lipinski definition) is 2. The Kier molecular flexibility index (Phi) is 11.8. The molecule has 28 heavy (non-hydrogen) atoms. The Bertz CT molecular complexity index is 665. The first-order valence-corrected chi connectivity index (χ1v) is 11.8. The Hall–Kier alpha value is -1.64. The van der Waals surface area contributed by atoms with Crippen LogP contribution in [0.5, 0.6) is 0 Å². The molecule has 160 valence electrons. The first-order valence-electron chi connectivity index (χ1n) is 9.95. The third-order valence-corrected chi connectivity index (χ3v) is 5.50. The number of nitrogens with one attached hydrogen (secondary N) is 2. The average molecular weight is 413 g/mol. The summed E-state index contributed by atoms with van der Waals surface area (Å²) in [7, 11) is -3.13. The topological polar surface area (TPSA) is 83.0 Å². The fourth-order valence-electron chi connectivity index (χ4n) is 2.61. The fourth-order valence-corrected chi connectivity index (χ4v) is 3.54. The van der Waals surface area contributed by atoms with Crippen LogP contribution in [0.1, 0.15) is 32.8 Å². The van der Waals surface area contributed by atoms with Gasteiger partial charge in [0.25, 0.3) is 0 Å². The summed E-state index contributed by atoms with van der Waals surface area (Å²) in [6.45, 7) is 10.3. The minimum Gasteiger partial charge on any atom is -0.376 e. The Morgan fingerprint density at radius 2 is 1.93 bits per heavy atom. The number of nitrogens with zero attached hydrogens (tertiary/aromatic N) is 2. The van der Waals surface area contributed by atoms with E-state index in [1.165, 1.54) is 16.1 Å². The van der Waals surface area contributed by atoms with E-state index >= 15 is 0 Å². The van der Waals surface area contributed by atoms with E-state index in [4.69, 9.17) is 4.74 Å². The maximum absolute atomic E-state index is 11.6. The summed E-state index contributed by atoms with van der Waals surface area (Å²) in [6, 6.07) is 10.1. The van der Waals surface area contributed by atoms with Gasteiger partial charge in [-0.2, -0.15) is 0 Å². The predicted molar refractivity (Wildman–Crippen MR) is 116 cm³/mol. The zero-order valence-corrected chi connectivity index (χ0v) is 18.5. The van der Waals surface area contributed by atoms with E-state index in [1.807, 2.05) is 32.0 Å². The largest absolute Gasteiger partial charge is 0.376 e. The van der Waals surface area contributed by atoms with Gasteiger partial charge in [-0.3, -0.25) is 4.99 Å². The van der Waals surface area contributed by atoms with Crippen LogP contribution in [0.25, 0.3) is 0 Å². The van der Waals surface area contributed by atoms with Gasteiger partial charge in [-0.15, -0.1) is 0 Å². The van der Waals surface area contributed by atoms with Gasteiger partial charge in [0.1, 0.15) is 0 Å². The van der Waals surface area contributed by atoms with Crippen LogP contribution in [0.3, 0.4) is 0 Å². The van der Waals surface area contributed by atoms with Crippen LogP contribution < -0.4 is 10.6 Å². The molecule has 0 spiro atoms. The second-order valence-corrected chi connectivity index (χ2v) is 8.84. The predicted octanol–water partition coefficient (Wildman–Crippen LogP) is 2.07. The minimum atomic E-state index is -3.13. The van der Waals surface area contributed by atoms with Crippen molar-refractivity contribution in [3.63, 3.8) is 0 Å². The Morgan fingerprint density at radius 1 is 1.21 bits per heavy atom. The van der Waals surface area contributed by atoms with E-state index in [-0.39, 0.29) is 0 Å². The zero-order valence-electron chi connectivity index (χ0n) is 17.6. The van der Waals surface area contributed by atoms with Gasteiger partial charge in [-0.1, -0.05) is 44.2 Å². The standard InChI is InChI=1S/C20H36N4O3S/c1-5-21-20(22-13-10-14-24(6-2)28(4,25)26)23-15-18(3)16-27-17-19-11-8-7-9-12-19/h7-9,11-12,18H,5-6,10,13-17H2,1-4H3,(H2,21,22,23). The highest BCUT2D eigenvalue weighted by Gasteiger charge is 2.13. The number of hydrogen-bond acceptors (Lipinski definition) is 4. The minimum absolute atomic E-state index is 0.306. The van der Waals surface area contributed by atoms with Crippen molar-refractivity contribution in [3.8, 4) is 0 Å². The van der Waals surface area contributed by atoms with Gasteiger partial charge in [0.05, 0.1) is 19.5 Å². The lowest BCUT2D eigenvalue weighted by molar-refractivity contribution is 0.0945. The number of guanidine groups is 1. The third kappa shape index (κ3) is 10.6. The highest BCUT2D eigenvalue weighted by molar-refractivity contribution is 7.88. The molecule has 0 aliphatic carbocycles. The molecule has 1 atom stereocenters. The van der Waals surface area contributed by atoms with Crippen LogP contribution in [-0.4, -0.2) is 64.3 Å². The lowest BCUT2D eigenvalue weighted by Gasteiger charge is -2.18. The highest BCUT2D eigenvalue weighted by atomic mass is 32.2. The van der Waals surface area contributed by atoms with Gasteiger partial charge >= 0.3 is 0 Å². The van der Waals surface area contributed by atoms with Gasteiger partial charge in [0.15, 0.2) is 5.96 Å². The monoisotopic (exact) mass is 412 g/mol. The van der Waals surface area contributed by atoms with E-state index in [0.717, 1.165) is 18.9 Å². The molecule has 0 heterocycles. The summed E-state index contributed by atoms with van der Waals surface area (Å²) in [6.07, 6.45) is 1.97. The van der Waals surface area contributed by atoms with Gasteiger partial charge in [0.2, 0.25) is 10.0 Å².